The van der Waals surface area contributed by atoms with Crippen LogP contribution in [0.2, 0.25) is 10.0 Å². The smallest absolute Gasteiger partial charge is 0.262 e. The molecule has 0 aliphatic heterocycles. The second-order valence-electron chi connectivity index (χ2n) is 8.54. The Morgan fingerprint density at radius 2 is 1.82 bits per heavy atom. The van der Waals surface area contributed by atoms with Gasteiger partial charge in [-0.2, -0.15) is 5.10 Å². The summed E-state index contributed by atoms with van der Waals surface area (Å²) in [6, 6.07) is 16.3. The molecule has 3 N–H and O–H groups in total. The number of halogens is 2. The highest BCUT2D eigenvalue weighted by Crippen LogP contribution is 2.31. The zero-order valence-electron chi connectivity index (χ0n) is 21.5. The predicted octanol–water partition coefficient (Wildman–Crippen LogP) is 5.08. The minimum absolute atomic E-state index is 0.0143. The molecule has 0 saturated carbocycles. The summed E-state index contributed by atoms with van der Waals surface area (Å²) in [5, 5.41) is 17.8. The number of phenolic OH excluding ortho intramolecular Hbond substituents is 1. The molecule has 3 aromatic carbocycles. The van der Waals surface area contributed by atoms with Crippen LogP contribution in [0.1, 0.15) is 23.6 Å². The number of methoxy groups -OCH3 is 1. The maximum atomic E-state index is 13.1. The van der Waals surface area contributed by atoms with E-state index in [9.17, 15) is 14.7 Å². The van der Waals surface area contributed by atoms with Gasteiger partial charge in [0.15, 0.2) is 17.6 Å². The number of benzene rings is 3. The Morgan fingerprint density at radius 1 is 1.08 bits per heavy atom. The maximum Gasteiger partial charge on any atom is 0.262 e. The summed E-state index contributed by atoms with van der Waals surface area (Å²) < 4.78 is 10.9. The first-order chi connectivity index (χ1) is 18.7. The molecule has 0 spiro atoms. The average Bonchev–Trinajstić information content (AvgIpc) is 2.92. The third kappa shape index (κ3) is 8.49. The summed E-state index contributed by atoms with van der Waals surface area (Å²) in [4.78, 5) is 26.1. The molecule has 39 heavy (non-hydrogen) atoms. The van der Waals surface area contributed by atoms with Gasteiger partial charge in [-0.05, 0) is 54.8 Å². The maximum absolute atomic E-state index is 13.1. The molecule has 3 rings (SSSR count). The average molecular weight is 570 g/mol. The number of ether oxygens (including phenoxy) is 2. The number of carbonyl (C=O) groups is 2. The molecule has 2 atom stereocenters. The van der Waals surface area contributed by atoms with E-state index in [0.29, 0.717) is 22.6 Å². The summed E-state index contributed by atoms with van der Waals surface area (Å²) >= 11 is 12.1. The fourth-order valence-corrected chi connectivity index (χ4v) is 4.09. The molecular weight excluding hydrogens is 541 g/mol. The molecule has 0 fully saturated rings. The Bertz CT molecular complexity index is 1350. The van der Waals surface area contributed by atoms with Crippen LogP contribution in [-0.2, 0) is 22.4 Å². The van der Waals surface area contributed by atoms with Crippen molar-refractivity contribution in [3.63, 3.8) is 0 Å². The van der Waals surface area contributed by atoms with Gasteiger partial charge in [0.2, 0.25) is 0 Å². The van der Waals surface area contributed by atoms with E-state index < -0.39 is 24.0 Å². The lowest BCUT2D eigenvalue weighted by molar-refractivity contribution is -0.132. The highest BCUT2D eigenvalue weighted by Gasteiger charge is 2.25. The van der Waals surface area contributed by atoms with Crippen LogP contribution in [-0.4, -0.2) is 42.4 Å². The van der Waals surface area contributed by atoms with Crippen LogP contribution in [0.4, 0.5) is 0 Å². The first-order valence-electron chi connectivity index (χ1n) is 12.0. The Labute approximate surface area is 237 Å². The molecule has 0 heterocycles. The number of hydrogen-bond donors (Lipinski definition) is 3. The van der Waals surface area contributed by atoms with Crippen molar-refractivity contribution in [2.45, 2.75) is 31.9 Å². The molecule has 0 saturated heterocycles. The third-order valence-electron chi connectivity index (χ3n) is 5.63. The van der Waals surface area contributed by atoms with E-state index in [1.807, 2.05) is 30.3 Å². The molecule has 2 amide bonds. The van der Waals surface area contributed by atoms with Gasteiger partial charge in [0, 0.05) is 17.0 Å². The van der Waals surface area contributed by atoms with Gasteiger partial charge in [0.1, 0.15) is 11.8 Å². The van der Waals surface area contributed by atoms with E-state index in [4.69, 9.17) is 32.7 Å². The number of amides is 2. The number of hydrazone groups is 1. The Morgan fingerprint density at radius 3 is 2.49 bits per heavy atom. The van der Waals surface area contributed by atoms with E-state index in [1.54, 1.807) is 37.3 Å². The van der Waals surface area contributed by atoms with E-state index >= 15 is 0 Å². The molecule has 8 nitrogen and oxygen atoms in total. The van der Waals surface area contributed by atoms with Crippen molar-refractivity contribution in [2.75, 3.05) is 7.11 Å². The molecule has 0 radical (unpaired) electrons. The molecule has 204 valence electrons. The highest BCUT2D eigenvalue weighted by molar-refractivity contribution is 6.35. The largest absolute Gasteiger partial charge is 0.504 e. The topological polar surface area (TPSA) is 109 Å². The number of aromatic hydroxyl groups is 1. The Kier molecular flexibility index (Phi) is 10.8. The lowest BCUT2D eigenvalue weighted by atomic mass is 10.1. The molecule has 10 heteroatoms. The normalized spacial score (nSPS) is 12.4. The predicted molar refractivity (Wildman–Crippen MR) is 153 cm³/mol. The van der Waals surface area contributed by atoms with Crippen LogP contribution < -0.4 is 20.2 Å². The molecule has 3 aromatic rings. The summed E-state index contributed by atoms with van der Waals surface area (Å²) in [6.07, 6.45) is 2.76. The van der Waals surface area contributed by atoms with Gasteiger partial charge in [-0.3, -0.25) is 9.59 Å². The molecule has 0 aliphatic rings. The summed E-state index contributed by atoms with van der Waals surface area (Å²) in [5.74, 6) is -0.472. The van der Waals surface area contributed by atoms with Gasteiger partial charge in [0.05, 0.1) is 18.3 Å². The molecule has 0 unspecified atom stereocenters. The van der Waals surface area contributed by atoms with Crippen molar-refractivity contribution in [1.82, 2.24) is 10.7 Å². The SMILES string of the molecule is C=CCc1cc(/C=N\NC(=O)[C@H](Cc2ccccc2)NC(=O)[C@@H](C)Oc2ccc(Cl)cc2Cl)cc(OC)c1O. The minimum Gasteiger partial charge on any atom is -0.504 e. The summed E-state index contributed by atoms with van der Waals surface area (Å²) in [7, 11) is 1.44. The Hall–Kier alpha value is -4.01. The van der Waals surface area contributed by atoms with Crippen molar-refractivity contribution in [3.05, 3.63) is 100 Å². The third-order valence-corrected chi connectivity index (χ3v) is 6.16. The van der Waals surface area contributed by atoms with E-state index in [2.05, 4.69) is 22.4 Å². The van der Waals surface area contributed by atoms with Crippen LogP contribution in [0.5, 0.6) is 17.2 Å². The van der Waals surface area contributed by atoms with Gasteiger partial charge in [-0.1, -0.05) is 59.6 Å². The van der Waals surface area contributed by atoms with E-state index in [0.717, 1.165) is 5.56 Å². The zero-order valence-corrected chi connectivity index (χ0v) is 23.0. The van der Waals surface area contributed by atoms with Crippen molar-refractivity contribution in [1.29, 1.82) is 0 Å². The number of carbonyl (C=O) groups excluding carboxylic acids is 2. The van der Waals surface area contributed by atoms with Crippen LogP contribution in [0, 0.1) is 0 Å². The van der Waals surface area contributed by atoms with Gasteiger partial charge < -0.3 is 19.9 Å². The highest BCUT2D eigenvalue weighted by atomic mass is 35.5. The molecule has 0 aromatic heterocycles. The number of phenols is 1. The van der Waals surface area contributed by atoms with Gasteiger partial charge in [0.25, 0.3) is 11.8 Å². The van der Waals surface area contributed by atoms with Crippen LogP contribution >= 0.6 is 23.2 Å². The van der Waals surface area contributed by atoms with E-state index in [1.165, 1.54) is 19.4 Å². The molecular formula is C29H29Cl2N3O5. The van der Waals surface area contributed by atoms with Gasteiger partial charge in [-0.15, -0.1) is 6.58 Å². The first-order valence-corrected chi connectivity index (χ1v) is 12.8. The van der Waals surface area contributed by atoms with E-state index in [-0.39, 0.29) is 28.7 Å². The first kappa shape index (κ1) is 29.5. The number of hydrogen-bond acceptors (Lipinski definition) is 6. The van der Waals surface area contributed by atoms with Gasteiger partial charge >= 0.3 is 0 Å². The molecule has 0 aliphatic carbocycles. The second kappa shape index (κ2) is 14.2. The van der Waals surface area contributed by atoms with Crippen molar-refractivity contribution in [3.8, 4) is 17.2 Å². The summed E-state index contributed by atoms with van der Waals surface area (Å²) in [6.45, 7) is 5.24. The quantitative estimate of drug-likeness (QED) is 0.160. The number of allylic oxidation sites excluding steroid dienone is 1. The minimum atomic E-state index is -0.953. The lowest BCUT2D eigenvalue weighted by Gasteiger charge is -2.21. The number of nitrogens with zero attached hydrogens (tertiary/aromatic N) is 1. The van der Waals surface area contributed by atoms with Crippen molar-refractivity contribution < 1.29 is 24.2 Å². The zero-order chi connectivity index (χ0) is 28.4. The summed E-state index contributed by atoms with van der Waals surface area (Å²) in [5.41, 5.74) is 4.51. The monoisotopic (exact) mass is 569 g/mol. The number of rotatable bonds is 12. The van der Waals surface area contributed by atoms with Crippen LogP contribution in [0.3, 0.4) is 0 Å². The van der Waals surface area contributed by atoms with Gasteiger partial charge in [-0.25, -0.2) is 5.43 Å². The second-order valence-corrected chi connectivity index (χ2v) is 9.39. The standard InChI is InChI=1S/C29H29Cl2N3O5/c1-4-8-21-13-20(15-26(38-3)27(21)35)17-32-34-29(37)24(14-19-9-6-5-7-10-19)33-28(36)18(2)39-25-12-11-22(30)16-23(25)31/h4-7,9-13,15-18,24,35H,1,8,14H2,2-3H3,(H,33,36)(H,34,37)/b32-17-/t18-,24+/m1/s1. The van der Waals surface area contributed by atoms with Crippen LogP contribution in [0.25, 0.3) is 0 Å². The fourth-order valence-electron chi connectivity index (χ4n) is 3.64. The van der Waals surface area contributed by atoms with Crippen LogP contribution in [0.15, 0.2) is 78.4 Å². The fraction of sp³-hybridized carbons (Fsp3) is 0.207. The van der Waals surface area contributed by atoms with Crippen molar-refractivity contribution >= 4 is 41.2 Å². The number of nitrogens with one attached hydrogen (secondary N) is 2. The molecule has 0 bridgehead atoms. The Balaban J connectivity index is 1.73. The van der Waals surface area contributed by atoms with Crippen molar-refractivity contribution in [2.24, 2.45) is 5.10 Å². The lowest BCUT2D eigenvalue weighted by Crippen LogP contribution is -2.50.